The molecule has 26 heteroatoms. The van der Waals surface area contributed by atoms with E-state index in [9.17, 15) is 72.2 Å². The molecule has 6 aromatic rings. The highest BCUT2D eigenvalue weighted by molar-refractivity contribution is 5.63. The summed E-state index contributed by atoms with van der Waals surface area (Å²) in [6.07, 6.45) is -17.9. The van der Waals surface area contributed by atoms with Gasteiger partial charge in [-0.2, -0.15) is 62.9 Å². The van der Waals surface area contributed by atoms with Gasteiger partial charge in [0.15, 0.2) is 0 Å². The SMILES string of the molecule is C[C@@H](OC[C@@]1(c2ccccc2)CC[C@@](C=O)(n2cn[nH]c2=O)CN1)c1cc(C(F)(F)F)cc(C(F)(F)F)c1.C[C@@H](OC[C@@]1(c2ccccc2)CC[C@@](CO)(n2cn[nH]c2=O)CN1)c1cc(C(F)(F)F)cc(C(F)(F)F)c1. The van der Waals surface area contributed by atoms with E-state index in [1.54, 1.807) is 48.5 Å². The highest BCUT2D eigenvalue weighted by Gasteiger charge is 2.48. The van der Waals surface area contributed by atoms with Crippen molar-refractivity contribution in [3.63, 3.8) is 0 Å². The van der Waals surface area contributed by atoms with Crippen LogP contribution in [0.15, 0.2) is 119 Å². The van der Waals surface area contributed by atoms with E-state index in [1.807, 2.05) is 12.1 Å². The Balaban J connectivity index is 0.000000221. The van der Waals surface area contributed by atoms with Crippen molar-refractivity contribution in [1.29, 1.82) is 0 Å². The van der Waals surface area contributed by atoms with Gasteiger partial charge in [0.25, 0.3) is 0 Å². The molecule has 0 bridgehead atoms. The third-order valence-corrected chi connectivity index (χ3v) is 14.1. The van der Waals surface area contributed by atoms with Crippen molar-refractivity contribution in [2.45, 2.75) is 98.6 Å². The summed E-state index contributed by atoms with van der Waals surface area (Å²) in [6, 6.07) is 20.7. The van der Waals surface area contributed by atoms with E-state index in [0.29, 0.717) is 43.4 Å². The summed E-state index contributed by atoms with van der Waals surface area (Å²) < 4.78 is 174. The number of aliphatic hydroxyl groups is 1. The number of carbonyl (C=O) groups excluding carboxylic acids is 1. The molecule has 0 saturated carbocycles. The average molecular weight is 1090 g/mol. The van der Waals surface area contributed by atoms with Crippen molar-refractivity contribution in [3.05, 3.63) is 175 Å². The lowest BCUT2D eigenvalue weighted by molar-refractivity contribution is -0.145. The minimum absolute atomic E-state index is 0.00432. The van der Waals surface area contributed by atoms with E-state index in [4.69, 9.17) is 9.47 Å². The number of carbonyl (C=O) groups is 1. The number of H-pyrrole nitrogens is 2. The first-order valence-corrected chi connectivity index (χ1v) is 23.3. The zero-order valence-electron chi connectivity index (χ0n) is 40.3. The number of piperidine rings is 2. The van der Waals surface area contributed by atoms with Crippen LogP contribution in [0.3, 0.4) is 0 Å². The smallest absolute Gasteiger partial charge is 0.394 e. The summed E-state index contributed by atoms with van der Waals surface area (Å²) in [5, 5.41) is 28.7. The average Bonchev–Trinajstić information content (AvgIpc) is 4.05. The van der Waals surface area contributed by atoms with E-state index in [2.05, 4.69) is 31.0 Å². The zero-order valence-corrected chi connectivity index (χ0v) is 40.3. The molecule has 76 heavy (non-hydrogen) atoms. The summed E-state index contributed by atoms with van der Waals surface area (Å²) in [5.74, 6) is 0. The predicted molar refractivity (Wildman–Crippen MR) is 247 cm³/mol. The zero-order chi connectivity index (χ0) is 55.5. The quantitative estimate of drug-likeness (QED) is 0.0522. The maximum atomic E-state index is 13.3. The Morgan fingerprint density at radius 1 is 0.579 bits per heavy atom. The lowest BCUT2D eigenvalue weighted by Gasteiger charge is -2.47. The lowest BCUT2D eigenvalue weighted by Crippen LogP contribution is -2.61. The van der Waals surface area contributed by atoms with E-state index in [0.717, 1.165) is 11.1 Å². The van der Waals surface area contributed by atoms with Crippen molar-refractivity contribution in [1.82, 2.24) is 40.2 Å². The van der Waals surface area contributed by atoms with Gasteiger partial charge in [-0.1, -0.05) is 60.7 Å². The second kappa shape index (κ2) is 21.8. The monoisotopic (exact) mass is 1090 g/mol. The van der Waals surface area contributed by atoms with Crippen LogP contribution in [0.5, 0.6) is 0 Å². The van der Waals surface area contributed by atoms with Crippen molar-refractivity contribution < 1.29 is 72.1 Å². The van der Waals surface area contributed by atoms with Gasteiger partial charge < -0.3 is 30.0 Å². The van der Waals surface area contributed by atoms with Gasteiger partial charge in [-0.05, 0) is 98.2 Å². The topological polar surface area (TPSA) is 181 Å². The first-order valence-electron chi connectivity index (χ1n) is 23.3. The number of hydrogen-bond acceptors (Lipinski definition) is 10. The number of ether oxygens (including phenoxy) is 2. The van der Waals surface area contributed by atoms with Gasteiger partial charge in [0.1, 0.15) is 24.5 Å². The van der Waals surface area contributed by atoms with E-state index >= 15 is 0 Å². The van der Waals surface area contributed by atoms with Crippen LogP contribution in [0.2, 0.25) is 0 Å². The van der Waals surface area contributed by atoms with Crippen molar-refractivity contribution in [2.75, 3.05) is 32.9 Å². The standard InChI is InChI=1S/C25H26F6N4O3.C25H24F6N4O3/c2*1-16(17-9-19(24(26,27)28)11-20(10-17)25(29,30)31)38-14-23(18-5-3-2-4-6-18)8-7-22(13-36,12-32-23)35-15-33-34-21(35)37/h2-6,9-11,15-16,32,36H,7-8,12-14H2,1H3,(H,34,37);2-6,9-11,13,15-16,32H,7-8,12,14H2,1H3,(H,34,37)/t2*16-,22-,23-/m11/s1. The predicted octanol–water partition coefficient (Wildman–Crippen LogP) is 8.91. The van der Waals surface area contributed by atoms with Crippen LogP contribution < -0.4 is 22.0 Å². The van der Waals surface area contributed by atoms with Gasteiger partial charge in [0.2, 0.25) is 0 Å². The number of aliphatic hydroxyl groups excluding tert-OH is 1. The van der Waals surface area contributed by atoms with Crippen LogP contribution in [0.4, 0.5) is 52.7 Å². The van der Waals surface area contributed by atoms with Crippen LogP contribution in [-0.2, 0) is 61.1 Å². The summed E-state index contributed by atoms with van der Waals surface area (Å²) in [6.45, 7) is 2.29. The number of nitrogens with zero attached hydrogens (tertiary/aromatic N) is 4. The summed E-state index contributed by atoms with van der Waals surface area (Å²) in [7, 11) is 0. The second-order valence-electron chi connectivity index (χ2n) is 18.9. The van der Waals surface area contributed by atoms with Gasteiger partial charge in [-0.25, -0.2) is 19.8 Å². The number of aromatic nitrogens is 6. The van der Waals surface area contributed by atoms with Gasteiger partial charge in [-0.3, -0.25) is 9.13 Å². The highest BCUT2D eigenvalue weighted by Crippen LogP contribution is 2.43. The normalized spacial score (nSPS) is 23.3. The third-order valence-electron chi connectivity index (χ3n) is 14.1. The maximum Gasteiger partial charge on any atom is 0.416 e. The number of aldehydes is 1. The Hall–Kier alpha value is -6.61. The molecule has 0 unspecified atom stereocenters. The molecule has 2 aromatic heterocycles. The van der Waals surface area contributed by atoms with Gasteiger partial charge in [0, 0.05) is 13.1 Å². The fourth-order valence-corrected chi connectivity index (χ4v) is 9.39. The fourth-order valence-electron chi connectivity index (χ4n) is 9.39. The molecule has 0 radical (unpaired) electrons. The maximum absolute atomic E-state index is 13.3. The number of rotatable bonds is 14. The first-order chi connectivity index (χ1) is 35.6. The van der Waals surface area contributed by atoms with E-state index in [-0.39, 0.29) is 69.0 Å². The molecule has 2 saturated heterocycles. The summed E-state index contributed by atoms with van der Waals surface area (Å²) in [5.41, 5.74) is -9.84. The molecule has 6 atom stereocenters. The molecule has 0 spiro atoms. The molecule has 4 aromatic carbocycles. The summed E-state index contributed by atoms with van der Waals surface area (Å²) in [4.78, 5) is 36.5. The minimum atomic E-state index is -4.98. The molecule has 5 N–H and O–H groups in total. The molecule has 2 aliphatic heterocycles. The molecule has 0 amide bonds. The number of aromatic amines is 2. The number of nitrogens with one attached hydrogen (secondary N) is 4. The largest absolute Gasteiger partial charge is 0.416 e. The lowest BCUT2D eigenvalue weighted by atomic mass is 9.76. The molecular weight excluding hydrogens is 1040 g/mol. The summed E-state index contributed by atoms with van der Waals surface area (Å²) >= 11 is 0. The van der Waals surface area contributed by atoms with Crippen LogP contribution in [-0.4, -0.2) is 73.8 Å². The van der Waals surface area contributed by atoms with Gasteiger partial charge in [0.05, 0.1) is 70.9 Å². The van der Waals surface area contributed by atoms with Gasteiger partial charge in [-0.15, -0.1) is 0 Å². The Morgan fingerprint density at radius 3 is 1.26 bits per heavy atom. The van der Waals surface area contributed by atoms with E-state index in [1.165, 1.54) is 35.6 Å². The Morgan fingerprint density at radius 2 is 0.961 bits per heavy atom. The van der Waals surface area contributed by atoms with E-state index < -0.39 is 92.7 Å². The van der Waals surface area contributed by atoms with Crippen LogP contribution >= 0.6 is 0 Å². The number of hydrogen-bond donors (Lipinski definition) is 5. The molecule has 4 heterocycles. The molecule has 0 aliphatic carbocycles. The van der Waals surface area contributed by atoms with Crippen LogP contribution in [0.1, 0.15) is 96.2 Å². The second-order valence-corrected chi connectivity index (χ2v) is 18.9. The van der Waals surface area contributed by atoms with Crippen LogP contribution in [0, 0.1) is 0 Å². The Labute approximate surface area is 424 Å². The first kappa shape index (κ1) is 57.1. The highest BCUT2D eigenvalue weighted by atomic mass is 19.4. The van der Waals surface area contributed by atoms with Crippen LogP contribution in [0.25, 0.3) is 0 Å². The number of halogens is 12. The molecule has 2 aliphatic rings. The molecule has 410 valence electrons. The van der Waals surface area contributed by atoms with Crippen molar-refractivity contribution in [3.8, 4) is 0 Å². The molecule has 2 fully saturated rings. The Kier molecular flexibility index (Phi) is 16.4. The van der Waals surface area contributed by atoms with Gasteiger partial charge >= 0.3 is 36.1 Å². The van der Waals surface area contributed by atoms with Crippen molar-refractivity contribution in [2.24, 2.45) is 0 Å². The minimum Gasteiger partial charge on any atom is -0.394 e. The molecule has 8 rings (SSSR count). The fraction of sp³-hybridized carbons (Fsp3) is 0.420. The molecular formula is C50H50F12N8O6. The van der Waals surface area contributed by atoms with Crippen molar-refractivity contribution >= 4 is 6.29 Å². The Bertz CT molecular complexity index is 2960. The molecule has 14 nitrogen and oxygen atoms in total. The third kappa shape index (κ3) is 12.3. The number of benzene rings is 4. The number of alkyl halides is 12.